The maximum Gasteiger partial charge on any atom is 0.236 e. The molecule has 1 amide bonds. The van der Waals surface area contributed by atoms with Crippen LogP contribution in [0.3, 0.4) is 0 Å². The van der Waals surface area contributed by atoms with Crippen LogP contribution in [0.25, 0.3) is 5.69 Å². The fraction of sp³-hybridized carbons (Fsp3) is 0.217. The third-order valence-corrected chi connectivity index (χ3v) is 6.24. The van der Waals surface area contributed by atoms with Crippen LogP contribution in [0.1, 0.15) is 36.2 Å². The normalized spacial score (nSPS) is 16.9. The second-order valence-electron chi connectivity index (χ2n) is 7.89. The molecule has 5 rings (SSSR count). The second kappa shape index (κ2) is 5.82. The van der Waals surface area contributed by atoms with Gasteiger partial charge in [-0.15, -0.1) is 0 Å². The summed E-state index contributed by atoms with van der Waals surface area (Å²) in [4.78, 5) is 19.3. The van der Waals surface area contributed by atoms with E-state index < -0.39 is 5.41 Å². The Morgan fingerprint density at radius 3 is 2.71 bits per heavy atom. The number of hydrogen-bond donors (Lipinski definition) is 0. The van der Waals surface area contributed by atoms with Gasteiger partial charge in [0.15, 0.2) is 0 Å². The maximum atomic E-state index is 12.6. The minimum absolute atomic E-state index is 0.116. The van der Waals surface area contributed by atoms with Crippen molar-refractivity contribution < 1.29 is 4.79 Å². The first kappa shape index (κ1) is 17.3. The van der Waals surface area contributed by atoms with Crippen molar-refractivity contribution in [2.45, 2.75) is 25.8 Å². The molecule has 0 saturated heterocycles. The maximum absolute atomic E-state index is 12.6. The van der Waals surface area contributed by atoms with E-state index in [4.69, 9.17) is 16.6 Å². The number of aromatic nitrogens is 1. The molecule has 3 aromatic rings. The van der Waals surface area contributed by atoms with E-state index in [-0.39, 0.29) is 5.91 Å². The molecule has 0 bridgehead atoms. The Morgan fingerprint density at radius 2 is 1.89 bits per heavy atom. The quantitative estimate of drug-likeness (QED) is 0.592. The van der Waals surface area contributed by atoms with Crippen molar-refractivity contribution in [3.05, 3.63) is 82.1 Å². The van der Waals surface area contributed by atoms with Crippen molar-refractivity contribution >= 4 is 28.9 Å². The molecule has 0 atom stereocenters. The van der Waals surface area contributed by atoms with Crippen molar-refractivity contribution in [1.29, 1.82) is 0 Å². The minimum atomic E-state index is -0.542. The van der Waals surface area contributed by atoms with Crippen molar-refractivity contribution in [2.24, 2.45) is 4.99 Å². The van der Waals surface area contributed by atoms with Gasteiger partial charge in [-0.05, 0) is 55.8 Å². The average Bonchev–Trinajstić information content (AvgIpc) is 3.17. The highest BCUT2D eigenvalue weighted by atomic mass is 35.5. The Bertz CT molecular complexity index is 1170. The molecule has 140 valence electrons. The molecule has 5 heteroatoms. The van der Waals surface area contributed by atoms with Crippen LogP contribution < -0.4 is 4.90 Å². The summed E-state index contributed by atoms with van der Waals surface area (Å²) in [6.07, 6.45) is 2.04. The molecule has 0 fully saturated rings. The summed E-state index contributed by atoms with van der Waals surface area (Å²) in [6.45, 7) is 4.48. The lowest BCUT2D eigenvalue weighted by molar-refractivity contribution is -0.121. The predicted octanol–water partition coefficient (Wildman–Crippen LogP) is 4.74. The molecule has 0 radical (unpaired) electrons. The Labute approximate surface area is 169 Å². The van der Waals surface area contributed by atoms with Crippen molar-refractivity contribution in [2.75, 3.05) is 11.9 Å². The lowest BCUT2D eigenvalue weighted by atomic mass is 9.85. The largest absolute Gasteiger partial charge is 0.315 e. The zero-order chi connectivity index (χ0) is 19.6. The third kappa shape index (κ3) is 2.24. The van der Waals surface area contributed by atoms with Crippen LogP contribution in [0.15, 0.2) is 59.7 Å². The SMILES string of the molecule is CN1C(=O)C(C)(C)c2cc(C3=NCc4c(Cl)cccc4-n4cccc43)ccc21. The number of aliphatic imine (C=N–C) groups is 1. The first-order chi connectivity index (χ1) is 13.4. The monoisotopic (exact) mass is 389 g/mol. The second-order valence-corrected chi connectivity index (χ2v) is 8.29. The Balaban J connectivity index is 1.70. The van der Waals surface area contributed by atoms with Crippen LogP contribution in [-0.2, 0) is 16.8 Å². The topological polar surface area (TPSA) is 37.6 Å². The number of nitrogens with zero attached hydrogens (tertiary/aromatic N) is 3. The average molecular weight is 390 g/mol. The van der Waals surface area contributed by atoms with Gasteiger partial charge in [0.05, 0.1) is 29.1 Å². The molecule has 1 aromatic heterocycles. The van der Waals surface area contributed by atoms with E-state index in [1.165, 1.54) is 0 Å². The number of hydrogen-bond acceptors (Lipinski definition) is 2. The molecule has 3 heterocycles. The Kier molecular flexibility index (Phi) is 3.59. The molecular formula is C23H20ClN3O. The first-order valence-corrected chi connectivity index (χ1v) is 9.70. The van der Waals surface area contributed by atoms with Crippen molar-refractivity contribution in [1.82, 2.24) is 4.57 Å². The van der Waals surface area contributed by atoms with Crippen LogP contribution >= 0.6 is 11.6 Å². The van der Waals surface area contributed by atoms with E-state index in [0.717, 1.165) is 44.5 Å². The standard InChI is InChI=1S/C23H20ClN3O/c1-23(2)16-12-14(9-10-19(16)26(3)22(23)28)21-20-8-5-11-27(20)18-7-4-6-17(24)15(18)13-25-21/h4-12H,13H2,1-3H3. The van der Waals surface area contributed by atoms with Crippen LogP contribution in [0, 0.1) is 0 Å². The lowest BCUT2D eigenvalue weighted by Gasteiger charge is -2.17. The Hall–Kier alpha value is -2.85. The number of rotatable bonds is 1. The van der Waals surface area contributed by atoms with Gasteiger partial charge >= 0.3 is 0 Å². The van der Waals surface area contributed by atoms with Gasteiger partial charge in [-0.1, -0.05) is 23.7 Å². The van der Waals surface area contributed by atoms with E-state index in [2.05, 4.69) is 28.8 Å². The number of fused-ring (bicyclic) bond motifs is 4. The molecule has 0 spiro atoms. The number of benzene rings is 2. The van der Waals surface area contributed by atoms with Crippen LogP contribution in [0.4, 0.5) is 5.69 Å². The van der Waals surface area contributed by atoms with E-state index in [0.29, 0.717) is 6.54 Å². The molecule has 0 unspecified atom stereocenters. The van der Waals surface area contributed by atoms with Gasteiger partial charge in [-0.2, -0.15) is 0 Å². The lowest BCUT2D eigenvalue weighted by Crippen LogP contribution is -2.33. The number of anilines is 1. The summed E-state index contributed by atoms with van der Waals surface area (Å²) >= 11 is 6.46. The summed E-state index contributed by atoms with van der Waals surface area (Å²) in [5.74, 6) is 0.116. The van der Waals surface area contributed by atoms with Crippen molar-refractivity contribution in [3.63, 3.8) is 0 Å². The van der Waals surface area contributed by atoms with Crippen LogP contribution in [-0.4, -0.2) is 23.2 Å². The summed E-state index contributed by atoms with van der Waals surface area (Å²) in [6, 6.07) is 16.2. The number of amides is 1. The fourth-order valence-corrected chi connectivity index (χ4v) is 4.54. The molecule has 2 aliphatic rings. The molecule has 2 aliphatic heterocycles. The highest BCUT2D eigenvalue weighted by molar-refractivity contribution is 6.31. The van der Waals surface area contributed by atoms with Crippen molar-refractivity contribution in [3.8, 4) is 5.69 Å². The summed E-state index contributed by atoms with van der Waals surface area (Å²) in [5.41, 5.74) is 6.50. The molecule has 0 saturated carbocycles. The number of likely N-dealkylation sites (N-methyl/N-ethyl adjacent to an activating group) is 1. The molecule has 0 aliphatic carbocycles. The van der Waals surface area contributed by atoms with Gasteiger partial charge in [0, 0.05) is 35.1 Å². The zero-order valence-electron chi connectivity index (χ0n) is 16.0. The predicted molar refractivity (Wildman–Crippen MR) is 113 cm³/mol. The number of carbonyl (C=O) groups excluding carboxylic acids is 1. The van der Waals surface area contributed by atoms with Gasteiger partial charge in [0.1, 0.15) is 0 Å². The highest BCUT2D eigenvalue weighted by Gasteiger charge is 2.42. The number of halogens is 1. The third-order valence-electron chi connectivity index (χ3n) is 5.88. The van der Waals surface area contributed by atoms with Gasteiger partial charge in [-0.3, -0.25) is 9.79 Å². The van der Waals surface area contributed by atoms with Crippen LogP contribution in [0.5, 0.6) is 0 Å². The van der Waals surface area contributed by atoms with Gasteiger partial charge in [0.25, 0.3) is 0 Å². The highest BCUT2D eigenvalue weighted by Crippen LogP contribution is 2.41. The minimum Gasteiger partial charge on any atom is -0.315 e. The van der Waals surface area contributed by atoms with Gasteiger partial charge in [-0.25, -0.2) is 0 Å². The van der Waals surface area contributed by atoms with E-state index >= 15 is 0 Å². The molecule has 2 aromatic carbocycles. The number of carbonyl (C=O) groups is 1. The molecule has 4 nitrogen and oxygen atoms in total. The summed E-state index contributed by atoms with van der Waals surface area (Å²) < 4.78 is 2.14. The summed E-state index contributed by atoms with van der Waals surface area (Å²) in [7, 11) is 1.84. The summed E-state index contributed by atoms with van der Waals surface area (Å²) in [5, 5.41) is 0.726. The zero-order valence-corrected chi connectivity index (χ0v) is 16.8. The van der Waals surface area contributed by atoms with Gasteiger partial charge in [0.2, 0.25) is 5.91 Å². The van der Waals surface area contributed by atoms with E-state index in [1.807, 2.05) is 51.4 Å². The molecular weight excluding hydrogens is 370 g/mol. The Morgan fingerprint density at radius 1 is 1.07 bits per heavy atom. The smallest absolute Gasteiger partial charge is 0.236 e. The molecule has 0 N–H and O–H groups in total. The van der Waals surface area contributed by atoms with Gasteiger partial charge < -0.3 is 9.47 Å². The van der Waals surface area contributed by atoms with E-state index in [9.17, 15) is 4.79 Å². The molecule has 28 heavy (non-hydrogen) atoms. The van der Waals surface area contributed by atoms with Crippen LogP contribution in [0.2, 0.25) is 5.02 Å². The first-order valence-electron chi connectivity index (χ1n) is 9.32. The van der Waals surface area contributed by atoms with E-state index in [1.54, 1.807) is 4.90 Å². The fourth-order valence-electron chi connectivity index (χ4n) is 4.31.